The molecule has 12 aromatic carbocycles. The molecule has 3 heterocycles. The van der Waals surface area contributed by atoms with Crippen LogP contribution in [0.1, 0.15) is 105 Å². The maximum absolute atomic E-state index is 2.67. The summed E-state index contributed by atoms with van der Waals surface area (Å²) in [6.07, 6.45) is 0. The molecule has 92 heavy (non-hydrogen) atoms. The van der Waals surface area contributed by atoms with E-state index in [0.29, 0.717) is 0 Å². The second kappa shape index (κ2) is 21.9. The van der Waals surface area contributed by atoms with Gasteiger partial charge in [0.05, 0.1) is 11.4 Å². The molecule has 3 aliphatic rings. The van der Waals surface area contributed by atoms with Crippen LogP contribution in [0, 0.1) is 0 Å². The van der Waals surface area contributed by atoms with Crippen LogP contribution < -0.4 is 31.1 Å². The summed E-state index contributed by atoms with van der Waals surface area (Å²) in [6, 6.07) is 102. The monoisotopic (exact) mass is 1190 g/mol. The van der Waals surface area contributed by atoms with E-state index in [9.17, 15) is 0 Å². The second-order valence-corrected chi connectivity index (χ2v) is 29.9. The Bertz CT molecular complexity index is 4730. The van der Waals surface area contributed by atoms with Gasteiger partial charge in [0.25, 0.3) is 6.71 Å². The van der Waals surface area contributed by atoms with Crippen LogP contribution in [0.5, 0.6) is 0 Å². The zero-order chi connectivity index (χ0) is 63.6. The molecule has 0 radical (unpaired) electrons. The summed E-state index contributed by atoms with van der Waals surface area (Å²) in [5.74, 6) is 0. The first-order valence-corrected chi connectivity index (χ1v) is 32.9. The van der Waals surface area contributed by atoms with Gasteiger partial charge in [-0.1, -0.05) is 277 Å². The van der Waals surface area contributed by atoms with E-state index in [1.807, 2.05) is 0 Å². The topological polar surface area (TPSA) is 9.72 Å². The lowest BCUT2D eigenvalue weighted by molar-refractivity contribution is 0.590. The summed E-state index contributed by atoms with van der Waals surface area (Å²) in [5, 5.41) is 0. The van der Waals surface area contributed by atoms with Gasteiger partial charge in [0, 0.05) is 50.9 Å². The van der Waals surface area contributed by atoms with Crippen LogP contribution >= 0.6 is 0 Å². The molecule has 0 bridgehead atoms. The second-order valence-electron chi connectivity index (χ2n) is 29.9. The van der Waals surface area contributed by atoms with Gasteiger partial charge in [0.1, 0.15) is 0 Å². The highest BCUT2D eigenvalue weighted by molar-refractivity contribution is 7.00. The van der Waals surface area contributed by atoms with E-state index in [2.05, 4.69) is 365 Å². The molecule has 0 saturated carbocycles. The van der Waals surface area contributed by atoms with Crippen molar-refractivity contribution >= 4 is 74.3 Å². The molecular weight excluding hydrogens is 1110 g/mol. The molecule has 0 aromatic heterocycles. The van der Waals surface area contributed by atoms with E-state index in [4.69, 9.17) is 0 Å². The van der Waals surface area contributed by atoms with Gasteiger partial charge >= 0.3 is 0 Å². The fourth-order valence-corrected chi connectivity index (χ4v) is 14.5. The van der Waals surface area contributed by atoms with Gasteiger partial charge in [-0.25, -0.2) is 0 Å². The van der Waals surface area contributed by atoms with E-state index < -0.39 is 0 Å². The Morgan fingerprint density at radius 2 is 0.652 bits per heavy atom. The molecule has 0 unspecified atom stereocenters. The van der Waals surface area contributed by atoms with Crippen LogP contribution in [0.15, 0.2) is 267 Å². The predicted octanol–water partition coefficient (Wildman–Crippen LogP) is 22.7. The van der Waals surface area contributed by atoms with Crippen LogP contribution in [0.3, 0.4) is 0 Å². The largest absolute Gasteiger partial charge is 0.311 e. The average Bonchev–Trinajstić information content (AvgIpc) is 1.19. The number of hydrogen-bond acceptors (Lipinski definition) is 3. The maximum atomic E-state index is 2.67. The summed E-state index contributed by atoms with van der Waals surface area (Å²) in [4.78, 5) is 7.79. The highest BCUT2D eigenvalue weighted by Gasteiger charge is 2.47. The van der Waals surface area contributed by atoms with E-state index in [1.165, 1.54) is 111 Å². The third kappa shape index (κ3) is 10.3. The minimum Gasteiger partial charge on any atom is -0.311 e. The number of hydrogen-bond donors (Lipinski definition) is 0. The summed E-state index contributed by atoms with van der Waals surface area (Å²) in [5.41, 5.74) is 33.6. The van der Waals surface area contributed by atoms with Crippen LogP contribution in [0.2, 0.25) is 0 Å². The van der Waals surface area contributed by atoms with E-state index in [1.54, 1.807) is 0 Å². The molecule has 0 N–H and O–H groups in total. The standard InChI is InChI=1S/C88H80BN3/c1-85(2,3)65-35-27-59(28-36-65)60-31-43-71(44-32-60)91-80-54-63(61-29-37-66(38-30-61)86(4,5)6)33-49-77(80)89-78-53-64(58-23-17-14-18-24-58)52-76-74-26-20-19-25-73(74)75-51-62(57-21-15-13-16-22-57)34-50-79(75)92(84(76)78)82-56-72(55-81(91)83(82)89)90(69-45-39-67(40-46-69)87(7,8)9)70-47-41-68(42-48-70)88(10,11)12/h13-56H,1-12H3. The van der Waals surface area contributed by atoms with Gasteiger partial charge in [0.2, 0.25) is 0 Å². The molecule has 3 aliphatic heterocycles. The van der Waals surface area contributed by atoms with Crippen molar-refractivity contribution in [1.82, 2.24) is 0 Å². The van der Waals surface area contributed by atoms with Gasteiger partial charge in [-0.05, 0) is 189 Å². The molecular formula is C88H80BN3. The summed E-state index contributed by atoms with van der Waals surface area (Å²) in [6.45, 7) is 27.4. The van der Waals surface area contributed by atoms with Crippen LogP contribution in [0.25, 0.3) is 66.8 Å². The van der Waals surface area contributed by atoms with Gasteiger partial charge in [-0.3, -0.25) is 0 Å². The number of nitrogens with zero attached hydrogens (tertiary/aromatic N) is 3. The molecule has 4 heteroatoms. The maximum Gasteiger partial charge on any atom is 0.252 e. The normalized spacial score (nSPS) is 13.2. The van der Waals surface area contributed by atoms with E-state index >= 15 is 0 Å². The summed E-state index contributed by atoms with van der Waals surface area (Å²) < 4.78 is 0. The fourth-order valence-electron chi connectivity index (χ4n) is 14.5. The zero-order valence-corrected chi connectivity index (χ0v) is 55.3. The van der Waals surface area contributed by atoms with Crippen LogP contribution in [0.4, 0.5) is 51.2 Å². The Morgan fingerprint density at radius 3 is 1.16 bits per heavy atom. The van der Waals surface area contributed by atoms with Gasteiger partial charge in [-0.15, -0.1) is 0 Å². The molecule has 12 aromatic rings. The molecule has 0 spiro atoms. The molecule has 0 saturated heterocycles. The molecule has 0 fully saturated rings. The van der Waals surface area contributed by atoms with E-state index in [-0.39, 0.29) is 28.4 Å². The number of rotatable bonds is 8. The number of fused-ring (bicyclic) bond motifs is 9. The Balaban J connectivity index is 1.07. The van der Waals surface area contributed by atoms with Crippen LogP contribution in [-0.2, 0) is 21.7 Å². The molecule has 450 valence electrons. The molecule has 0 amide bonds. The average molecular weight is 1190 g/mol. The lowest BCUT2D eigenvalue weighted by Crippen LogP contribution is -2.61. The minimum atomic E-state index is -0.172. The predicted molar refractivity (Wildman–Crippen MR) is 396 cm³/mol. The van der Waals surface area contributed by atoms with Crippen molar-refractivity contribution in [1.29, 1.82) is 0 Å². The molecule has 0 aliphatic carbocycles. The smallest absolute Gasteiger partial charge is 0.252 e. The summed E-state index contributed by atoms with van der Waals surface area (Å²) >= 11 is 0. The third-order valence-corrected chi connectivity index (χ3v) is 19.6. The Kier molecular flexibility index (Phi) is 13.9. The van der Waals surface area contributed by atoms with Crippen molar-refractivity contribution in [2.24, 2.45) is 0 Å². The van der Waals surface area contributed by atoms with Crippen molar-refractivity contribution in [2.45, 2.75) is 105 Å². The van der Waals surface area contributed by atoms with Gasteiger partial charge < -0.3 is 14.7 Å². The molecule has 3 nitrogen and oxygen atoms in total. The Morgan fingerprint density at radius 1 is 0.261 bits per heavy atom. The van der Waals surface area contributed by atoms with Crippen molar-refractivity contribution < 1.29 is 0 Å². The van der Waals surface area contributed by atoms with Crippen molar-refractivity contribution in [3.05, 3.63) is 289 Å². The number of benzene rings is 12. The van der Waals surface area contributed by atoms with Gasteiger partial charge in [0.15, 0.2) is 0 Å². The molecule has 15 rings (SSSR count). The lowest BCUT2D eigenvalue weighted by atomic mass is 9.33. The highest BCUT2D eigenvalue weighted by Crippen LogP contribution is 2.56. The fraction of sp³-hybridized carbons (Fsp3) is 0.182. The first-order valence-electron chi connectivity index (χ1n) is 32.9. The SMILES string of the molecule is CC(C)(C)c1ccc(-c2ccc(N3c4cc(-c5ccc(C(C)(C)C)cc5)ccc4B4c5cc(-c6ccccc6)cc6c5N(c5ccc(-c7ccccc7)cc5-c5ccccc5-6)c5cc(N(c6ccc(C(C)(C)C)cc6)c6ccc(C(C)(C)C)cc6)cc3c54)cc2)cc1. The Labute approximate surface area is 546 Å². The van der Waals surface area contributed by atoms with E-state index in [0.717, 1.165) is 45.5 Å². The quantitative estimate of drug-likeness (QED) is 0.140. The third-order valence-electron chi connectivity index (χ3n) is 19.6. The Hall–Kier alpha value is -9.90. The lowest BCUT2D eigenvalue weighted by Gasteiger charge is -2.45. The van der Waals surface area contributed by atoms with Crippen molar-refractivity contribution in [2.75, 3.05) is 14.7 Å². The molecule has 0 atom stereocenters. The first-order chi connectivity index (χ1) is 44.1. The minimum absolute atomic E-state index is 0.0224. The van der Waals surface area contributed by atoms with Crippen LogP contribution in [-0.4, -0.2) is 6.71 Å². The number of anilines is 9. The van der Waals surface area contributed by atoms with Crippen molar-refractivity contribution in [3.8, 4) is 66.8 Å². The zero-order valence-electron chi connectivity index (χ0n) is 55.3. The first kappa shape index (κ1) is 58.5. The summed E-state index contributed by atoms with van der Waals surface area (Å²) in [7, 11) is 0. The highest BCUT2D eigenvalue weighted by atomic mass is 15.2. The van der Waals surface area contributed by atoms with Gasteiger partial charge in [-0.2, -0.15) is 0 Å². The van der Waals surface area contributed by atoms with Crippen molar-refractivity contribution in [3.63, 3.8) is 0 Å².